The van der Waals surface area contributed by atoms with Gasteiger partial charge >= 0.3 is 0 Å². The maximum Gasteiger partial charge on any atom is 0.124 e. The summed E-state index contributed by atoms with van der Waals surface area (Å²) >= 11 is 1.54. The van der Waals surface area contributed by atoms with E-state index in [2.05, 4.69) is 49.1 Å². The van der Waals surface area contributed by atoms with Gasteiger partial charge in [-0.1, -0.05) is 44.2 Å². The molecule has 27 heavy (non-hydrogen) atoms. The second kappa shape index (κ2) is 13.4. The highest BCUT2D eigenvalue weighted by atomic mass is 32.2. The zero-order valence-corrected chi connectivity index (χ0v) is 17.3. The van der Waals surface area contributed by atoms with Gasteiger partial charge in [0.1, 0.15) is 5.82 Å². The smallest absolute Gasteiger partial charge is 0.124 e. The molecule has 0 radical (unpaired) electrons. The topological polar surface area (TPSA) is 66.2 Å². The summed E-state index contributed by atoms with van der Waals surface area (Å²) in [6.07, 6.45) is 10.0. The van der Waals surface area contributed by atoms with Crippen molar-refractivity contribution in [2.45, 2.75) is 38.0 Å². The summed E-state index contributed by atoms with van der Waals surface area (Å²) in [7, 11) is 0. The van der Waals surface area contributed by atoms with Crippen LogP contribution in [0.1, 0.15) is 39.2 Å². The van der Waals surface area contributed by atoms with Crippen LogP contribution in [0.3, 0.4) is 0 Å². The molecule has 2 aromatic rings. The van der Waals surface area contributed by atoms with Gasteiger partial charge in [0, 0.05) is 30.7 Å². The zero-order valence-electron chi connectivity index (χ0n) is 16.5. The molecule has 0 amide bonds. The van der Waals surface area contributed by atoms with E-state index in [-0.39, 0.29) is 18.2 Å². The normalized spacial score (nSPS) is 10.8. The fraction of sp³-hybridized carbons (Fsp3) is 0.364. The maximum atomic E-state index is 12.3. The highest BCUT2D eigenvalue weighted by Crippen LogP contribution is 2.30. The number of anilines is 1. The molecule has 0 saturated heterocycles. The molecule has 3 nitrogen and oxygen atoms in total. The molecule has 0 heterocycles. The van der Waals surface area contributed by atoms with Gasteiger partial charge in [-0.25, -0.2) is 4.39 Å². The minimum Gasteiger partial charge on any atom is -0.412 e. The molecule has 4 N–H and O–H groups in total. The van der Waals surface area contributed by atoms with E-state index in [0.717, 1.165) is 24.4 Å². The molecule has 0 unspecified atom stereocenters. The second-order valence-electron chi connectivity index (χ2n) is 6.10. The van der Waals surface area contributed by atoms with Crippen LogP contribution >= 0.6 is 11.8 Å². The molecule has 3 rings (SSSR count). The third-order valence-corrected chi connectivity index (χ3v) is 4.88. The molecule has 152 valence electrons. The summed E-state index contributed by atoms with van der Waals surface area (Å²) in [6, 6.07) is 13.3. The second-order valence-corrected chi connectivity index (χ2v) is 6.98. The third kappa shape index (κ3) is 7.37. The summed E-state index contributed by atoms with van der Waals surface area (Å²) in [5.74, 6) is -0.165. The summed E-state index contributed by atoms with van der Waals surface area (Å²) in [6.45, 7) is 6.83. The summed E-state index contributed by atoms with van der Waals surface area (Å²) < 4.78 is 12.3. The number of thioether (sulfide) groups is 1. The number of nitrogens with zero attached hydrogens (tertiary/aromatic N) is 1. The van der Waals surface area contributed by atoms with Crippen LogP contribution in [0.2, 0.25) is 0 Å². The van der Waals surface area contributed by atoms with Crippen molar-refractivity contribution in [1.29, 1.82) is 0 Å². The molecule has 0 aliphatic heterocycles. The minimum absolute atomic E-state index is 0. The van der Waals surface area contributed by atoms with Crippen LogP contribution in [0.15, 0.2) is 53.4 Å². The number of benzene rings is 2. The Morgan fingerprint density at radius 2 is 1.70 bits per heavy atom. The van der Waals surface area contributed by atoms with Crippen molar-refractivity contribution in [3.05, 3.63) is 65.5 Å². The monoisotopic (exact) mass is 395 g/mol. The first-order valence-electron chi connectivity index (χ1n) is 9.02. The zero-order chi connectivity index (χ0) is 18.1. The molecule has 0 saturated carbocycles. The van der Waals surface area contributed by atoms with Crippen molar-refractivity contribution in [3.63, 3.8) is 0 Å². The van der Waals surface area contributed by atoms with Crippen molar-refractivity contribution < 1.29 is 16.8 Å². The van der Waals surface area contributed by atoms with Crippen LogP contribution in [0.4, 0.5) is 10.1 Å². The summed E-state index contributed by atoms with van der Waals surface area (Å²) in [5.41, 5.74) is 4.36. The van der Waals surface area contributed by atoms with Gasteiger partial charge in [-0.15, -0.1) is 11.8 Å². The molecule has 0 fully saturated rings. The SMILES string of the molecule is CCCN(CCC)c1cccc2c1C=CC2.CSc1cccc(F)c1.O.O.[HH]. The lowest BCUT2D eigenvalue weighted by Crippen LogP contribution is -2.25. The maximum absolute atomic E-state index is 12.3. The van der Waals surface area contributed by atoms with Gasteiger partial charge in [0.2, 0.25) is 0 Å². The van der Waals surface area contributed by atoms with Crippen LogP contribution in [-0.2, 0) is 6.42 Å². The van der Waals surface area contributed by atoms with E-state index < -0.39 is 0 Å². The number of fused-ring (bicyclic) bond motifs is 1. The van der Waals surface area contributed by atoms with E-state index in [1.165, 1.54) is 41.8 Å². The first kappa shape index (κ1) is 25.2. The average molecular weight is 396 g/mol. The van der Waals surface area contributed by atoms with Crippen molar-refractivity contribution in [3.8, 4) is 0 Å². The third-order valence-electron chi connectivity index (χ3n) is 4.16. The number of rotatable bonds is 6. The van der Waals surface area contributed by atoms with E-state index in [4.69, 9.17) is 0 Å². The fourth-order valence-corrected chi connectivity index (χ4v) is 3.48. The van der Waals surface area contributed by atoms with Gasteiger partial charge in [0.05, 0.1) is 0 Å². The number of allylic oxidation sites excluding steroid dienone is 1. The molecule has 1 aliphatic rings. The molecule has 0 bridgehead atoms. The highest BCUT2D eigenvalue weighted by Gasteiger charge is 2.13. The van der Waals surface area contributed by atoms with Crippen molar-refractivity contribution >= 4 is 23.5 Å². The quantitative estimate of drug-likeness (QED) is 0.644. The molecular weight excluding hydrogens is 361 g/mol. The average Bonchev–Trinajstić information content (AvgIpc) is 3.11. The lowest BCUT2D eigenvalue weighted by atomic mass is 10.1. The van der Waals surface area contributed by atoms with Crippen molar-refractivity contribution in [2.75, 3.05) is 24.2 Å². The Kier molecular flexibility index (Phi) is 12.5. The molecule has 1 aliphatic carbocycles. The van der Waals surface area contributed by atoms with E-state index in [1.54, 1.807) is 17.8 Å². The minimum atomic E-state index is -0.165. The summed E-state index contributed by atoms with van der Waals surface area (Å²) in [4.78, 5) is 3.49. The van der Waals surface area contributed by atoms with Gasteiger partial charge in [0.25, 0.3) is 0 Å². The molecule has 5 heteroatoms. The van der Waals surface area contributed by atoms with Crippen molar-refractivity contribution in [2.24, 2.45) is 0 Å². The number of halogens is 1. The molecule has 0 aromatic heterocycles. The molecular formula is C22H34FNO2S. The van der Waals surface area contributed by atoms with Crippen LogP contribution < -0.4 is 4.90 Å². The van der Waals surface area contributed by atoms with Crippen LogP contribution in [-0.4, -0.2) is 30.3 Å². The van der Waals surface area contributed by atoms with E-state index in [1.807, 2.05) is 12.3 Å². The lowest BCUT2D eigenvalue weighted by molar-refractivity contribution is 0.624. The Morgan fingerprint density at radius 1 is 1.04 bits per heavy atom. The van der Waals surface area contributed by atoms with Gasteiger partial charge < -0.3 is 15.9 Å². The van der Waals surface area contributed by atoms with Crippen molar-refractivity contribution in [1.82, 2.24) is 0 Å². The van der Waals surface area contributed by atoms with Gasteiger partial charge in [-0.3, -0.25) is 0 Å². The molecule has 0 atom stereocenters. The first-order valence-corrected chi connectivity index (χ1v) is 10.2. The van der Waals surface area contributed by atoms with E-state index in [9.17, 15) is 4.39 Å². The molecule has 0 spiro atoms. The number of hydrogen-bond acceptors (Lipinski definition) is 2. The van der Waals surface area contributed by atoms with Crippen LogP contribution in [0, 0.1) is 5.82 Å². The van der Waals surface area contributed by atoms with Crippen LogP contribution in [0.5, 0.6) is 0 Å². The Balaban J connectivity index is 0. The molecule has 2 aromatic carbocycles. The predicted molar refractivity (Wildman–Crippen MR) is 119 cm³/mol. The fourth-order valence-electron chi connectivity index (χ4n) is 3.04. The van der Waals surface area contributed by atoms with E-state index in [0.29, 0.717) is 0 Å². The highest BCUT2D eigenvalue weighted by molar-refractivity contribution is 7.98. The van der Waals surface area contributed by atoms with Crippen LogP contribution in [0.25, 0.3) is 6.08 Å². The lowest BCUT2D eigenvalue weighted by Gasteiger charge is -2.26. The number of hydrogen-bond donors (Lipinski definition) is 0. The van der Waals surface area contributed by atoms with Gasteiger partial charge in [0.15, 0.2) is 0 Å². The Bertz CT molecular complexity index is 707. The predicted octanol–water partition coefficient (Wildman–Crippen LogP) is 5.03. The Hall–Kier alpha value is -1.82. The largest absolute Gasteiger partial charge is 0.412 e. The van der Waals surface area contributed by atoms with E-state index >= 15 is 0 Å². The van der Waals surface area contributed by atoms with Gasteiger partial charge in [-0.2, -0.15) is 0 Å². The first-order chi connectivity index (χ1) is 12.2. The van der Waals surface area contributed by atoms with Gasteiger partial charge in [-0.05, 0) is 55.3 Å². The standard InChI is InChI=1S/C15H21N.C7H7FS.2H2O.H2/c1-3-11-16(12-4-2)15-10-6-8-13-7-5-9-14(13)15;1-9-7-4-2-3-6(8)5-7;;;/h5-6,8-10H,3-4,7,11-12H2,1-2H3;2-5H,1H3;2*1H2;1H. The Morgan fingerprint density at radius 3 is 2.26 bits per heavy atom. The Labute approximate surface area is 168 Å². The summed E-state index contributed by atoms with van der Waals surface area (Å²) in [5, 5.41) is 0.